The van der Waals surface area contributed by atoms with Crippen molar-refractivity contribution >= 4 is 0 Å². The molecule has 0 aromatic heterocycles. The molecule has 1 aromatic carbocycles. The van der Waals surface area contributed by atoms with Crippen molar-refractivity contribution in [3.05, 3.63) is 42.2 Å². The van der Waals surface area contributed by atoms with E-state index < -0.39 is 0 Å². The molecule has 0 heterocycles. The Balaban J connectivity index is 1.52. The number of hydrogen-bond donors (Lipinski definition) is 0. The number of halogens is 1. The lowest BCUT2D eigenvalue weighted by molar-refractivity contribution is 0.0654. The Kier molecular flexibility index (Phi) is 8.43. The molecular weight excluding hydrogens is 347 g/mol. The van der Waals surface area contributed by atoms with Gasteiger partial charge in [0.1, 0.15) is 5.75 Å². The van der Waals surface area contributed by atoms with Crippen LogP contribution in [0.4, 0.5) is 4.39 Å². The molecule has 0 N–H and O–H groups in total. The molecule has 2 heteroatoms. The van der Waals surface area contributed by atoms with Gasteiger partial charge in [-0.15, -0.1) is 0 Å². The van der Waals surface area contributed by atoms with Gasteiger partial charge in [-0.1, -0.05) is 57.2 Å². The van der Waals surface area contributed by atoms with Crippen LogP contribution in [0.25, 0.3) is 0 Å². The largest absolute Gasteiger partial charge is 0.494 e. The van der Waals surface area contributed by atoms with Gasteiger partial charge < -0.3 is 4.74 Å². The molecule has 2 fully saturated rings. The highest BCUT2D eigenvalue weighted by molar-refractivity contribution is 5.29. The van der Waals surface area contributed by atoms with Crippen LogP contribution >= 0.6 is 0 Å². The predicted molar refractivity (Wildman–Crippen MR) is 117 cm³/mol. The summed E-state index contributed by atoms with van der Waals surface area (Å²) in [6, 6.07) is 8.87. The Morgan fingerprint density at radius 1 is 1.00 bits per heavy atom. The summed E-state index contributed by atoms with van der Waals surface area (Å²) in [6.45, 7) is 3.05. The van der Waals surface area contributed by atoms with E-state index in [1.807, 2.05) is 0 Å². The summed E-state index contributed by atoms with van der Waals surface area (Å²) in [5.41, 5.74) is 1.85. The van der Waals surface area contributed by atoms with Crippen LogP contribution in [0.1, 0.15) is 102 Å². The molecule has 1 nitrogen and oxygen atoms in total. The minimum atomic E-state index is 0.377. The molecule has 0 saturated heterocycles. The minimum Gasteiger partial charge on any atom is -0.494 e. The molecule has 2 saturated carbocycles. The zero-order chi connectivity index (χ0) is 19.7. The van der Waals surface area contributed by atoms with E-state index in [-0.39, 0.29) is 0 Å². The molecule has 0 amide bonds. The Hall–Kier alpha value is -1.31. The highest BCUT2D eigenvalue weighted by Gasteiger charge is 2.40. The number of allylic oxidation sites excluding steroid dienone is 1. The van der Waals surface area contributed by atoms with E-state index in [9.17, 15) is 4.39 Å². The topological polar surface area (TPSA) is 9.23 Å². The lowest BCUT2D eigenvalue weighted by atomic mass is 9.59. The lowest BCUT2D eigenvalue weighted by Gasteiger charge is -2.46. The SMILES string of the molecule is CCCCCOc1ccc([C@H]2CC[C@H](C3(C/C=C/F)CCCCC3)CC2)cc1. The third-order valence-electron chi connectivity index (χ3n) is 7.42. The maximum Gasteiger partial charge on any atom is 0.119 e. The first-order valence-corrected chi connectivity index (χ1v) is 11.8. The van der Waals surface area contributed by atoms with Crippen molar-refractivity contribution in [1.82, 2.24) is 0 Å². The minimum absolute atomic E-state index is 0.377. The van der Waals surface area contributed by atoms with E-state index >= 15 is 0 Å². The highest BCUT2D eigenvalue weighted by atomic mass is 19.1. The van der Waals surface area contributed by atoms with Gasteiger partial charge in [-0.05, 0) is 86.3 Å². The molecule has 0 atom stereocenters. The van der Waals surface area contributed by atoms with Gasteiger partial charge in [0.15, 0.2) is 0 Å². The third kappa shape index (κ3) is 5.61. The van der Waals surface area contributed by atoms with Gasteiger partial charge in [0, 0.05) is 0 Å². The summed E-state index contributed by atoms with van der Waals surface area (Å²) in [7, 11) is 0. The normalized spacial score (nSPS) is 25.1. The lowest BCUT2D eigenvalue weighted by Crippen LogP contribution is -2.35. The van der Waals surface area contributed by atoms with Gasteiger partial charge in [0.2, 0.25) is 0 Å². The first-order chi connectivity index (χ1) is 13.8. The molecule has 0 aliphatic heterocycles. The van der Waals surface area contributed by atoms with E-state index in [0.29, 0.717) is 11.3 Å². The Bertz CT molecular complexity index is 577. The van der Waals surface area contributed by atoms with Crippen LogP contribution in [-0.2, 0) is 0 Å². The van der Waals surface area contributed by atoms with Crippen molar-refractivity contribution in [3.63, 3.8) is 0 Å². The molecule has 0 radical (unpaired) electrons. The summed E-state index contributed by atoms with van der Waals surface area (Å²) in [5, 5.41) is 0. The fourth-order valence-electron chi connectivity index (χ4n) is 5.73. The Labute approximate surface area is 171 Å². The van der Waals surface area contributed by atoms with Crippen molar-refractivity contribution in [1.29, 1.82) is 0 Å². The highest BCUT2D eigenvalue weighted by Crippen LogP contribution is 2.52. The Morgan fingerprint density at radius 3 is 2.36 bits per heavy atom. The van der Waals surface area contributed by atoms with Crippen LogP contribution in [0, 0.1) is 11.3 Å². The van der Waals surface area contributed by atoms with Crippen LogP contribution in [0.3, 0.4) is 0 Å². The summed E-state index contributed by atoms with van der Waals surface area (Å²) in [6.07, 6.45) is 18.9. The van der Waals surface area contributed by atoms with Gasteiger partial charge >= 0.3 is 0 Å². The Morgan fingerprint density at radius 2 is 1.71 bits per heavy atom. The maximum atomic E-state index is 12.7. The summed E-state index contributed by atoms with van der Waals surface area (Å²) >= 11 is 0. The molecule has 2 aliphatic rings. The quantitative estimate of drug-likeness (QED) is 0.387. The smallest absolute Gasteiger partial charge is 0.119 e. The fraction of sp³-hybridized carbons (Fsp3) is 0.692. The van der Waals surface area contributed by atoms with Crippen molar-refractivity contribution in [2.75, 3.05) is 6.61 Å². The second-order valence-corrected chi connectivity index (χ2v) is 9.16. The number of unbranched alkanes of at least 4 members (excludes halogenated alkanes) is 2. The van der Waals surface area contributed by atoms with E-state index in [1.165, 1.54) is 76.2 Å². The van der Waals surface area contributed by atoms with Gasteiger partial charge in [0.25, 0.3) is 0 Å². The zero-order valence-electron chi connectivity index (χ0n) is 17.8. The predicted octanol–water partition coefficient (Wildman–Crippen LogP) is 8.35. The number of hydrogen-bond acceptors (Lipinski definition) is 1. The van der Waals surface area contributed by atoms with Crippen LogP contribution in [0.2, 0.25) is 0 Å². The number of ether oxygens (including phenoxy) is 1. The van der Waals surface area contributed by atoms with Gasteiger partial charge in [-0.25, -0.2) is 4.39 Å². The van der Waals surface area contributed by atoms with E-state index in [0.717, 1.165) is 37.4 Å². The third-order valence-corrected chi connectivity index (χ3v) is 7.42. The van der Waals surface area contributed by atoms with Crippen LogP contribution in [-0.4, -0.2) is 6.61 Å². The molecule has 2 aliphatic carbocycles. The molecule has 28 heavy (non-hydrogen) atoms. The number of rotatable bonds is 9. The first kappa shape index (κ1) is 21.4. The van der Waals surface area contributed by atoms with Gasteiger partial charge in [-0.2, -0.15) is 0 Å². The van der Waals surface area contributed by atoms with Crippen LogP contribution in [0.15, 0.2) is 36.7 Å². The van der Waals surface area contributed by atoms with Crippen molar-refractivity contribution in [3.8, 4) is 5.75 Å². The van der Waals surface area contributed by atoms with Gasteiger partial charge in [-0.3, -0.25) is 0 Å². The van der Waals surface area contributed by atoms with Crippen LogP contribution in [0.5, 0.6) is 5.75 Å². The molecule has 0 bridgehead atoms. The summed E-state index contributed by atoms with van der Waals surface area (Å²) < 4.78 is 18.6. The first-order valence-electron chi connectivity index (χ1n) is 11.8. The van der Waals surface area contributed by atoms with E-state index in [1.54, 1.807) is 6.08 Å². The molecule has 1 aromatic rings. The average molecular weight is 387 g/mol. The van der Waals surface area contributed by atoms with Crippen LogP contribution < -0.4 is 4.74 Å². The summed E-state index contributed by atoms with van der Waals surface area (Å²) in [5.74, 6) is 2.47. The fourth-order valence-corrected chi connectivity index (χ4v) is 5.73. The average Bonchev–Trinajstić information content (AvgIpc) is 2.76. The van der Waals surface area contributed by atoms with Gasteiger partial charge in [0.05, 0.1) is 12.9 Å². The van der Waals surface area contributed by atoms with E-state index in [4.69, 9.17) is 4.74 Å². The molecule has 156 valence electrons. The second kappa shape index (κ2) is 11.0. The molecule has 0 spiro atoms. The second-order valence-electron chi connectivity index (χ2n) is 9.16. The molecule has 0 unspecified atom stereocenters. The summed E-state index contributed by atoms with van der Waals surface area (Å²) in [4.78, 5) is 0. The molecule has 3 rings (SSSR count). The maximum absolute atomic E-state index is 12.7. The standard InChI is InChI=1S/C26H39FO/c1-2-3-7-21-28-25-15-11-23(12-16-25)22-9-13-24(14-10-22)26(19-8-20-27)17-5-4-6-18-26/h8,11-12,15-16,20,22,24H,2-7,9-10,13-14,17-19,21H2,1H3/b20-8+/t22-,24-. The van der Waals surface area contributed by atoms with Crippen molar-refractivity contribution in [2.24, 2.45) is 11.3 Å². The number of benzene rings is 1. The van der Waals surface area contributed by atoms with Crippen molar-refractivity contribution < 1.29 is 9.13 Å². The van der Waals surface area contributed by atoms with E-state index in [2.05, 4.69) is 31.2 Å². The van der Waals surface area contributed by atoms with Crippen molar-refractivity contribution in [2.45, 2.75) is 96.3 Å². The molecular formula is C26H39FO. The zero-order valence-corrected chi connectivity index (χ0v) is 17.8. The monoisotopic (exact) mass is 386 g/mol.